The summed E-state index contributed by atoms with van der Waals surface area (Å²) in [5.41, 5.74) is 1.19. The molecule has 0 aliphatic rings. The number of pyridine rings is 1. The highest BCUT2D eigenvalue weighted by Crippen LogP contribution is 2.07. The first kappa shape index (κ1) is 12.1. The average Bonchev–Trinajstić information content (AvgIpc) is 3.17. The lowest BCUT2D eigenvalue weighted by molar-refractivity contribution is 0.0942. The molecule has 0 aromatic carbocycles. The molecule has 0 aliphatic carbocycles. The van der Waals surface area contributed by atoms with Crippen molar-refractivity contribution in [2.75, 3.05) is 0 Å². The van der Waals surface area contributed by atoms with Gasteiger partial charge in [0.05, 0.1) is 0 Å². The molecular formula is C13H11N5O2. The molecule has 0 saturated carbocycles. The number of amides is 1. The van der Waals surface area contributed by atoms with Crippen molar-refractivity contribution in [2.24, 2.45) is 0 Å². The van der Waals surface area contributed by atoms with Crippen molar-refractivity contribution in [1.29, 1.82) is 0 Å². The van der Waals surface area contributed by atoms with Crippen molar-refractivity contribution < 1.29 is 9.32 Å². The molecule has 0 aliphatic heterocycles. The summed E-state index contributed by atoms with van der Waals surface area (Å²) in [5, 5.41) is 6.33. The Morgan fingerprint density at radius 2 is 2.30 bits per heavy atom. The number of carbonyl (C=O) groups is 1. The van der Waals surface area contributed by atoms with Crippen LogP contribution in [0.4, 0.5) is 0 Å². The van der Waals surface area contributed by atoms with Crippen molar-refractivity contribution in [2.45, 2.75) is 6.54 Å². The van der Waals surface area contributed by atoms with E-state index in [0.29, 0.717) is 6.54 Å². The molecule has 0 bridgehead atoms. The molecule has 3 heterocycles. The summed E-state index contributed by atoms with van der Waals surface area (Å²) in [6.07, 6.45) is 8.20. The van der Waals surface area contributed by atoms with Gasteiger partial charge < -0.3 is 9.84 Å². The van der Waals surface area contributed by atoms with Crippen LogP contribution in [0.5, 0.6) is 0 Å². The number of hydrogen-bond donors (Lipinski definition) is 1. The first-order chi connectivity index (χ1) is 9.83. The summed E-state index contributed by atoms with van der Waals surface area (Å²) in [5.74, 6) is 0.468. The maximum absolute atomic E-state index is 11.7. The Kier molecular flexibility index (Phi) is 3.24. The molecule has 0 spiro atoms. The lowest BCUT2D eigenvalue weighted by Crippen LogP contribution is -2.23. The Morgan fingerprint density at radius 1 is 1.35 bits per heavy atom. The van der Waals surface area contributed by atoms with E-state index in [9.17, 15) is 4.79 Å². The Labute approximate surface area is 114 Å². The minimum Gasteiger partial charge on any atom is -0.364 e. The highest BCUT2D eigenvalue weighted by atomic mass is 16.5. The van der Waals surface area contributed by atoms with E-state index in [2.05, 4.69) is 25.0 Å². The number of imidazole rings is 1. The summed E-state index contributed by atoms with van der Waals surface area (Å²) >= 11 is 0. The van der Waals surface area contributed by atoms with Gasteiger partial charge in [-0.3, -0.25) is 9.36 Å². The number of hydrogen-bond acceptors (Lipinski definition) is 5. The van der Waals surface area contributed by atoms with Gasteiger partial charge in [-0.2, -0.15) is 0 Å². The van der Waals surface area contributed by atoms with Gasteiger partial charge in [0.2, 0.25) is 0 Å². The number of rotatable bonds is 4. The van der Waals surface area contributed by atoms with Gasteiger partial charge in [-0.05, 0) is 17.7 Å². The Hall–Kier alpha value is -2.96. The second-order valence-electron chi connectivity index (χ2n) is 4.06. The van der Waals surface area contributed by atoms with Crippen molar-refractivity contribution in [3.05, 3.63) is 60.6 Å². The Balaban J connectivity index is 1.69. The van der Waals surface area contributed by atoms with E-state index >= 15 is 0 Å². The third kappa shape index (κ3) is 2.56. The molecule has 0 radical (unpaired) electrons. The van der Waals surface area contributed by atoms with Crippen LogP contribution in [0.1, 0.15) is 16.1 Å². The van der Waals surface area contributed by atoms with E-state index in [1.807, 2.05) is 12.1 Å². The van der Waals surface area contributed by atoms with Gasteiger partial charge in [-0.25, -0.2) is 9.97 Å². The quantitative estimate of drug-likeness (QED) is 0.768. The van der Waals surface area contributed by atoms with Crippen LogP contribution in [0, 0.1) is 0 Å². The third-order valence-corrected chi connectivity index (χ3v) is 2.70. The number of carbonyl (C=O) groups excluding carboxylic acids is 1. The maximum Gasteiger partial charge on any atom is 0.273 e. The molecule has 3 rings (SSSR count). The van der Waals surface area contributed by atoms with Crippen LogP contribution in [0.3, 0.4) is 0 Å². The first-order valence-corrected chi connectivity index (χ1v) is 5.95. The molecule has 20 heavy (non-hydrogen) atoms. The molecular weight excluding hydrogens is 258 g/mol. The predicted molar refractivity (Wildman–Crippen MR) is 69.0 cm³/mol. The molecule has 0 unspecified atom stereocenters. The molecule has 100 valence electrons. The number of aromatic nitrogens is 4. The minimum atomic E-state index is -0.278. The van der Waals surface area contributed by atoms with Crippen LogP contribution in [0.15, 0.2) is 53.9 Å². The summed E-state index contributed by atoms with van der Waals surface area (Å²) < 4.78 is 6.42. The fourth-order valence-corrected chi connectivity index (χ4v) is 1.71. The van der Waals surface area contributed by atoms with Gasteiger partial charge in [-0.15, -0.1) is 0 Å². The van der Waals surface area contributed by atoms with Gasteiger partial charge in [0.25, 0.3) is 5.91 Å². The molecule has 0 saturated heterocycles. The molecule has 7 heteroatoms. The first-order valence-electron chi connectivity index (χ1n) is 5.95. The largest absolute Gasteiger partial charge is 0.364 e. The zero-order chi connectivity index (χ0) is 13.8. The van der Waals surface area contributed by atoms with E-state index in [0.717, 1.165) is 11.4 Å². The van der Waals surface area contributed by atoms with Crippen LogP contribution in [0.2, 0.25) is 0 Å². The normalized spacial score (nSPS) is 10.4. The lowest BCUT2D eigenvalue weighted by atomic mass is 10.2. The highest BCUT2D eigenvalue weighted by molar-refractivity contribution is 5.91. The second-order valence-corrected chi connectivity index (χ2v) is 4.06. The summed E-state index contributed by atoms with van der Waals surface area (Å²) in [4.78, 5) is 19.9. The molecule has 7 nitrogen and oxygen atoms in total. The van der Waals surface area contributed by atoms with Crippen LogP contribution in [0.25, 0.3) is 5.82 Å². The summed E-state index contributed by atoms with van der Waals surface area (Å²) in [6, 6.07) is 5.23. The van der Waals surface area contributed by atoms with Crippen LogP contribution < -0.4 is 5.32 Å². The van der Waals surface area contributed by atoms with Gasteiger partial charge >= 0.3 is 0 Å². The zero-order valence-corrected chi connectivity index (χ0v) is 10.4. The molecule has 3 aromatic rings. The maximum atomic E-state index is 11.7. The summed E-state index contributed by atoms with van der Waals surface area (Å²) in [7, 11) is 0. The van der Waals surface area contributed by atoms with Crippen molar-refractivity contribution in [3.63, 3.8) is 0 Å². The average molecular weight is 269 g/mol. The number of nitrogens with zero attached hydrogens (tertiary/aromatic N) is 4. The van der Waals surface area contributed by atoms with Crippen LogP contribution in [-0.4, -0.2) is 25.6 Å². The van der Waals surface area contributed by atoms with Gasteiger partial charge in [0, 0.05) is 31.2 Å². The SMILES string of the molecule is O=C(NCc1ccnc(-n2ccnc2)c1)c1ccon1. The van der Waals surface area contributed by atoms with E-state index < -0.39 is 0 Å². The van der Waals surface area contributed by atoms with Gasteiger partial charge in [0.1, 0.15) is 18.4 Å². The Bertz CT molecular complexity index is 691. The third-order valence-electron chi connectivity index (χ3n) is 2.70. The van der Waals surface area contributed by atoms with E-state index in [4.69, 9.17) is 0 Å². The van der Waals surface area contributed by atoms with Crippen molar-refractivity contribution in [3.8, 4) is 5.82 Å². The van der Waals surface area contributed by atoms with E-state index in [1.165, 1.54) is 12.3 Å². The van der Waals surface area contributed by atoms with Crippen LogP contribution >= 0.6 is 0 Å². The van der Waals surface area contributed by atoms with Gasteiger partial charge in [-0.1, -0.05) is 5.16 Å². The smallest absolute Gasteiger partial charge is 0.273 e. The lowest BCUT2D eigenvalue weighted by Gasteiger charge is -2.06. The Morgan fingerprint density at radius 3 is 3.05 bits per heavy atom. The fraction of sp³-hybridized carbons (Fsp3) is 0.0769. The second kappa shape index (κ2) is 5.35. The molecule has 1 amide bonds. The van der Waals surface area contributed by atoms with Gasteiger partial charge in [0.15, 0.2) is 5.69 Å². The zero-order valence-electron chi connectivity index (χ0n) is 10.4. The standard InChI is InChI=1S/C13H11N5O2/c19-13(11-2-6-20-17-11)16-8-10-1-3-15-12(7-10)18-5-4-14-9-18/h1-7,9H,8H2,(H,16,19). The predicted octanol–water partition coefficient (Wildman–Crippen LogP) is 1.19. The topological polar surface area (TPSA) is 85.8 Å². The fourth-order valence-electron chi connectivity index (χ4n) is 1.71. The molecule has 0 atom stereocenters. The van der Waals surface area contributed by atoms with Crippen molar-refractivity contribution in [1.82, 2.24) is 25.0 Å². The van der Waals surface area contributed by atoms with E-state index in [1.54, 1.807) is 29.5 Å². The highest BCUT2D eigenvalue weighted by Gasteiger charge is 2.08. The molecule has 1 N–H and O–H groups in total. The summed E-state index contributed by atoms with van der Waals surface area (Å²) in [6.45, 7) is 0.385. The number of nitrogens with one attached hydrogen (secondary N) is 1. The van der Waals surface area contributed by atoms with Crippen molar-refractivity contribution >= 4 is 5.91 Å². The molecule has 3 aromatic heterocycles. The van der Waals surface area contributed by atoms with E-state index in [-0.39, 0.29) is 11.6 Å². The monoisotopic (exact) mass is 269 g/mol. The minimum absolute atomic E-state index is 0.258. The molecule has 0 fully saturated rings. The van der Waals surface area contributed by atoms with Crippen LogP contribution in [-0.2, 0) is 6.54 Å².